The molecule has 0 spiro atoms. The molecule has 1 aliphatic carbocycles. The van der Waals surface area contributed by atoms with Crippen molar-refractivity contribution in [2.75, 3.05) is 36.7 Å². The third-order valence-electron chi connectivity index (χ3n) is 5.96. The summed E-state index contributed by atoms with van der Waals surface area (Å²) in [6, 6.07) is 11.0. The lowest BCUT2D eigenvalue weighted by Gasteiger charge is -2.21. The molecule has 0 atom stereocenters. The summed E-state index contributed by atoms with van der Waals surface area (Å²) in [6.45, 7) is 0.551. The molecule has 2 aromatic carbocycles. The van der Waals surface area contributed by atoms with Crippen molar-refractivity contribution in [2.24, 2.45) is 10.3 Å². The maximum atomic E-state index is 13.5. The van der Waals surface area contributed by atoms with E-state index in [1.165, 1.54) is 22.9 Å². The van der Waals surface area contributed by atoms with Crippen molar-refractivity contribution in [3.8, 4) is 11.5 Å². The molecule has 3 aromatic rings. The van der Waals surface area contributed by atoms with Gasteiger partial charge in [0.1, 0.15) is 28.6 Å². The normalized spacial score (nSPS) is 16.5. The quantitative estimate of drug-likeness (QED) is 0.287. The van der Waals surface area contributed by atoms with Crippen LogP contribution in [0.5, 0.6) is 11.5 Å². The van der Waals surface area contributed by atoms with Crippen LogP contribution in [0.4, 0.5) is 5.69 Å². The molecule has 1 saturated carbocycles. The van der Waals surface area contributed by atoms with E-state index in [-0.39, 0.29) is 46.6 Å². The van der Waals surface area contributed by atoms with Crippen molar-refractivity contribution in [1.82, 2.24) is 9.40 Å². The monoisotopic (exact) mass is 547 g/mol. The number of pyridine rings is 1. The first-order valence-corrected chi connectivity index (χ1v) is 14.8. The number of anilines is 1. The van der Waals surface area contributed by atoms with E-state index in [4.69, 9.17) is 4.74 Å². The second-order valence-electron chi connectivity index (χ2n) is 8.90. The lowest BCUT2D eigenvalue weighted by atomic mass is 10.1. The molecular weight excluding hydrogens is 522 g/mol. The van der Waals surface area contributed by atoms with Gasteiger partial charge < -0.3 is 20.6 Å². The first-order valence-electron chi connectivity index (χ1n) is 11.5. The predicted molar refractivity (Wildman–Crippen MR) is 139 cm³/mol. The molecule has 196 valence electrons. The van der Waals surface area contributed by atoms with E-state index < -0.39 is 25.6 Å². The second-order valence-corrected chi connectivity index (χ2v) is 12.3. The van der Waals surface area contributed by atoms with Gasteiger partial charge >= 0.3 is 0 Å². The Hall–Kier alpha value is -3.62. The maximum absolute atomic E-state index is 13.5. The summed E-state index contributed by atoms with van der Waals surface area (Å²) in [4.78, 5) is 13.3. The van der Waals surface area contributed by atoms with E-state index in [1.54, 1.807) is 24.3 Å². The zero-order chi connectivity index (χ0) is 26.4. The van der Waals surface area contributed by atoms with Crippen molar-refractivity contribution < 1.29 is 26.7 Å². The van der Waals surface area contributed by atoms with Crippen LogP contribution in [0.3, 0.4) is 0 Å². The summed E-state index contributed by atoms with van der Waals surface area (Å²) in [5, 5.41) is 14.2. The third kappa shape index (κ3) is 5.26. The van der Waals surface area contributed by atoms with Gasteiger partial charge in [0.15, 0.2) is 5.84 Å². The summed E-state index contributed by atoms with van der Waals surface area (Å²) in [5.41, 5.74) is 2.80. The van der Waals surface area contributed by atoms with Crippen LogP contribution in [0.15, 0.2) is 56.6 Å². The highest BCUT2D eigenvalue weighted by Gasteiger charge is 2.31. The van der Waals surface area contributed by atoms with Gasteiger partial charge in [0.2, 0.25) is 10.0 Å². The number of sulfonamides is 2. The molecule has 0 amide bonds. The molecule has 4 N–H and O–H groups in total. The molecular formula is C23H25N5O7S2. The fourth-order valence-corrected chi connectivity index (χ4v) is 5.56. The number of hydrogen-bond acceptors (Lipinski definition) is 9. The molecule has 0 radical (unpaired) electrons. The van der Waals surface area contributed by atoms with Crippen LogP contribution in [0.25, 0.3) is 10.9 Å². The van der Waals surface area contributed by atoms with E-state index >= 15 is 0 Å². The Bertz CT molecular complexity index is 1690. The average molecular weight is 548 g/mol. The molecule has 0 bridgehead atoms. The minimum Gasteiger partial charge on any atom is -0.506 e. The highest BCUT2D eigenvalue weighted by atomic mass is 32.2. The topological polar surface area (TPSA) is 168 Å². The summed E-state index contributed by atoms with van der Waals surface area (Å²) >= 11 is 0. The molecule has 14 heteroatoms. The predicted octanol–water partition coefficient (Wildman–Crippen LogP) is 1.15. The molecule has 0 saturated heterocycles. The lowest BCUT2D eigenvalue weighted by molar-refractivity contribution is 0.322. The van der Waals surface area contributed by atoms with Crippen molar-refractivity contribution >= 4 is 42.5 Å². The minimum atomic E-state index is -4.28. The lowest BCUT2D eigenvalue weighted by Crippen LogP contribution is -2.37. The Morgan fingerprint density at radius 2 is 1.97 bits per heavy atom. The number of amidine groups is 1. The van der Waals surface area contributed by atoms with E-state index in [0.717, 1.165) is 19.1 Å². The number of para-hydroxylation sites is 1. The Labute approximate surface area is 213 Å². The number of fused-ring (bicyclic) bond motifs is 2. The minimum absolute atomic E-state index is 0.00547. The summed E-state index contributed by atoms with van der Waals surface area (Å²) in [7, 11) is -7.66. The molecule has 5 rings (SSSR count). The number of nitrogens with one attached hydrogen (secondary N) is 3. The Balaban J connectivity index is 1.49. The van der Waals surface area contributed by atoms with Crippen LogP contribution in [-0.4, -0.2) is 58.4 Å². The van der Waals surface area contributed by atoms with Crippen LogP contribution >= 0.6 is 0 Å². The van der Waals surface area contributed by atoms with Crippen LogP contribution in [0, 0.1) is 5.92 Å². The Kier molecular flexibility index (Phi) is 6.33. The van der Waals surface area contributed by atoms with Crippen molar-refractivity contribution in [2.45, 2.75) is 17.7 Å². The van der Waals surface area contributed by atoms with Crippen LogP contribution < -0.4 is 25.8 Å². The number of aromatic nitrogens is 1. The number of nitrogens with zero attached hydrogens (tertiary/aromatic N) is 2. The zero-order valence-electron chi connectivity index (χ0n) is 19.8. The van der Waals surface area contributed by atoms with E-state index in [1.807, 2.05) is 0 Å². The number of ether oxygens (including phenoxy) is 1. The molecule has 12 nitrogen and oxygen atoms in total. The third-order valence-corrected chi connectivity index (χ3v) is 8.00. The fraction of sp³-hybridized carbons (Fsp3) is 0.304. The van der Waals surface area contributed by atoms with Gasteiger partial charge in [-0.05, 0) is 43.0 Å². The Morgan fingerprint density at radius 3 is 2.70 bits per heavy atom. The summed E-state index contributed by atoms with van der Waals surface area (Å²) < 4.78 is 61.3. The highest BCUT2D eigenvalue weighted by Crippen LogP contribution is 2.34. The van der Waals surface area contributed by atoms with Gasteiger partial charge in [-0.15, -0.1) is 4.40 Å². The van der Waals surface area contributed by atoms with Gasteiger partial charge in [-0.1, -0.05) is 12.1 Å². The molecule has 0 unspecified atom stereocenters. The van der Waals surface area contributed by atoms with Crippen LogP contribution in [0.2, 0.25) is 0 Å². The maximum Gasteiger partial charge on any atom is 0.286 e. The summed E-state index contributed by atoms with van der Waals surface area (Å²) in [6.07, 6.45) is 3.15. The fourth-order valence-electron chi connectivity index (χ4n) is 3.97. The van der Waals surface area contributed by atoms with Crippen molar-refractivity contribution in [3.05, 3.63) is 58.4 Å². The van der Waals surface area contributed by atoms with Crippen LogP contribution in [-0.2, 0) is 20.0 Å². The van der Waals surface area contributed by atoms with Gasteiger partial charge in [0, 0.05) is 24.5 Å². The first-order chi connectivity index (χ1) is 17.5. The molecule has 1 fully saturated rings. The zero-order valence-corrected chi connectivity index (χ0v) is 21.4. The molecule has 2 aliphatic rings. The van der Waals surface area contributed by atoms with Gasteiger partial charge in [-0.2, -0.15) is 8.42 Å². The molecule has 37 heavy (non-hydrogen) atoms. The molecule has 1 aliphatic heterocycles. The Morgan fingerprint density at radius 1 is 1.22 bits per heavy atom. The standard InChI is InChI=1S/C23H25N5O7S2/c1-36(31,32)25-10-11-35-15-8-9-17-19(12-15)37(33,34)27-22(26-17)20-21(29)16-4-2-3-5-18(16)28(23(20)30)24-13-14-6-7-14/h2-5,8-9,12,14,24-25,29H,6-7,10-11,13H2,1H3,(H,26,27). The molecule has 1 aromatic heterocycles. The van der Waals surface area contributed by atoms with Gasteiger partial charge in [0.25, 0.3) is 15.6 Å². The highest BCUT2D eigenvalue weighted by molar-refractivity contribution is 7.90. The van der Waals surface area contributed by atoms with E-state index in [0.29, 0.717) is 23.4 Å². The van der Waals surface area contributed by atoms with Gasteiger partial charge in [-0.3, -0.25) is 4.79 Å². The van der Waals surface area contributed by atoms with Gasteiger partial charge in [-0.25, -0.2) is 17.8 Å². The second kappa shape index (κ2) is 9.36. The number of benzene rings is 2. The first kappa shape index (κ1) is 25.0. The smallest absolute Gasteiger partial charge is 0.286 e. The van der Waals surface area contributed by atoms with Gasteiger partial charge in [0.05, 0.1) is 17.5 Å². The van der Waals surface area contributed by atoms with Crippen molar-refractivity contribution in [3.63, 3.8) is 0 Å². The SMILES string of the molecule is CS(=O)(=O)NCCOc1ccc2c(c1)S(=O)(=O)N=C(c1c(O)c3ccccc3n(NCC3CC3)c1=O)N2. The average Bonchev–Trinajstić information content (AvgIpc) is 3.66. The summed E-state index contributed by atoms with van der Waals surface area (Å²) in [5.74, 6) is -0.0285. The molecule has 2 heterocycles. The van der Waals surface area contributed by atoms with Crippen LogP contribution in [0.1, 0.15) is 18.4 Å². The number of hydrogen-bond donors (Lipinski definition) is 4. The number of rotatable bonds is 9. The van der Waals surface area contributed by atoms with E-state index in [2.05, 4.69) is 19.9 Å². The largest absolute Gasteiger partial charge is 0.506 e. The van der Waals surface area contributed by atoms with E-state index in [9.17, 15) is 26.7 Å². The number of aromatic hydroxyl groups is 1. The van der Waals surface area contributed by atoms with Crippen molar-refractivity contribution in [1.29, 1.82) is 0 Å².